The number of hydrogen-bond acceptors (Lipinski definition) is 5. The number of anilines is 2. The van der Waals surface area contributed by atoms with Gasteiger partial charge in [0.05, 0.1) is 21.8 Å². The standard InChI is InChI=1S/C21H24F3N3O3S/c1-15-3-6-17(7-4-15)31(29,30)14-20(28)25-18-13-16(21(22,23)24)5-8-19(18)27-11-9-26(2)10-12-27/h3-8,13H,9-12,14H2,1-2H3,(H,25,28). The van der Waals surface area contributed by atoms with Crippen molar-refractivity contribution in [2.24, 2.45) is 0 Å². The van der Waals surface area contributed by atoms with E-state index in [1.807, 2.05) is 11.9 Å². The van der Waals surface area contributed by atoms with Crippen LogP contribution in [0.3, 0.4) is 0 Å². The largest absolute Gasteiger partial charge is 0.416 e. The fraction of sp³-hybridized carbons (Fsp3) is 0.381. The minimum Gasteiger partial charge on any atom is -0.367 e. The van der Waals surface area contributed by atoms with Crippen molar-refractivity contribution in [2.75, 3.05) is 49.2 Å². The Morgan fingerprint density at radius 1 is 1.03 bits per heavy atom. The Morgan fingerprint density at radius 2 is 1.65 bits per heavy atom. The molecule has 0 aliphatic carbocycles. The van der Waals surface area contributed by atoms with Crippen molar-refractivity contribution in [3.05, 3.63) is 53.6 Å². The van der Waals surface area contributed by atoms with E-state index in [0.29, 0.717) is 18.8 Å². The van der Waals surface area contributed by atoms with Crippen LogP contribution in [-0.2, 0) is 20.8 Å². The van der Waals surface area contributed by atoms with Crippen LogP contribution in [-0.4, -0.2) is 58.2 Å². The third-order valence-electron chi connectivity index (χ3n) is 5.14. The number of alkyl halides is 3. The zero-order valence-corrected chi connectivity index (χ0v) is 18.1. The van der Waals surface area contributed by atoms with Crippen molar-refractivity contribution < 1.29 is 26.4 Å². The van der Waals surface area contributed by atoms with Crippen LogP contribution in [0, 0.1) is 6.92 Å². The van der Waals surface area contributed by atoms with Gasteiger partial charge in [0.25, 0.3) is 0 Å². The first-order valence-electron chi connectivity index (χ1n) is 9.70. The Morgan fingerprint density at radius 3 is 2.23 bits per heavy atom. The second-order valence-corrected chi connectivity index (χ2v) is 9.63. The van der Waals surface area contributed by atoms with E-state index in [-0.39, 0.29) is 10.6 Å². The lowest BCUT2D eigenvalue weighted by molar-refractivity contribution is -0.137. The predicted molar refractivity (Wildman–Crippen MR) is 113 cm³/mol. The minimum atomic E-state index is -4.59. The van der Waals surface area contributed by atoms with Gasteiger partial charge >= 0.3 is 6.18 Å². The van der Waals surface area contributed by atoms with Gasteiger partial charge in [-0.05, 0) is 44.3 Å². The van der Waals surface area contributed by atoms with E-state index in [2.05, 4.69) is 10.2 Å². The number of aryl methyl sites for hydroxylation is 1. The first-order chi connectivity index (χ1) is 14.5. The number of hydrogen-bond donors (Lipinski definition) is 1. The molecule has 0 bridgehead atoms. The van der Waals surface area contributed by atoms with Gasteiger partial charge in [0.1, 0.15) is 5.75 Å². The van der Waals surface area contributed by atoms with Crippen molar-refractivity contribution in [1.82, 2.24) is 4.90 Å². The Kier molecular flexibility index (Phi) is 6.61. The summed E-state index contributed by atoms with van der Waals surface area (Å²) in [5.41, 5.74) is 0.330. The van der Waals surface area contributed by atoms with E-state index < -0.39 is 33.2 Å². The maximum atomic E-state index is 13.2. The number of amides is 1. The van der Waals surface area contributed by atoms with Crippen LogP contribution in [0.25, 0.3) is 0 Å². The van der Waals surface area contributed by atoms with Crippen molar-refractivity contribution in [2.45, 2.75) is 18.0 Å². The number of likely N-dealkylation sites (N-methyl/N-ethyl adjacent to an activating group) is 1. The maximum absolute atomic E-state index is 13.2. The Bertz CT molecular complexity index is 1050. The molecule has 6 nitrogen and oxygen atoms in total. The van der Waals surface area contributed by atoms with E-state index >= 15 is 0 Å². The average Bonchev–Trinajstić information content (AvgIpc) is 2.68. The van der Waals surface area contributed by atoms with E-state index in [0.717, 1.165) is 30.8 Å². The molecule has 2 aromatic rings. The SMILES string of the molecule is Cc1ccc(S(=O)(=O)CC(=O)Nc2cc(C(F)(F)F)ccc2N2CCN(C)CC2)cc1. The van der Waals surface area contributed by atoms with E-state index in [9.17, 15) is 26.4 Å². The number of benzene rings is 2. The molecule has 10 heteroatoms. The molecular formula is C21H24F3N3O3S. The summed E-state index contributed by atoms with van der Waals surface area (Å²) in [6, 6.07) is 9.16. The lowest BCUT2D eigenvalue weighted by Crippen LogP contribution is -2.44. The zero-order chi connectivity index (χ0) is 22.8. The molecule has 0 aromatic heterocycles. The number of carbonyl (C=O) groups is 1. The van der Waals surface area contributed by atoms with Gasteiger partial charge in [0.15, 0.2) is 9.84 Å². The first-order valence-corrected chi connectivity index (χ1v) is 11.3. The Balaban J connectivity index is 1.85. The fourth-order valence-electron chi connectivity index (χ4n) is 3.32. The van der Waals surface area contributed by atoms with Crippen LogP contribution in [0.4, 0.5) is 24.5 Å². The molecule has 1 saturated heterocycles. The molecule has 0 saturated carbocycles. The zero-order valence-electron chi connectivity index (χ0n) is 17.2. The molecule has 168 valence electrons. The van der Waals surface area contributed by atoms with Crippen molar-refractivity contribution in [1.29, 1.82) is 0 Å². The molecule has 31 heavy (non-hydrogen) atoms. The quantitative estimate of drug-likeness (QED) is 0.750. The molecule has 3 rings (SSSR count). The molecule has 0 radical (unpaired) electrons. The third kappa shape index (κ3) is 5.76. The molecule has 1 fully saturated rings. The number of nitrogens with one attached hydrogen (secondary N) is 1. The van der Waals surface area contributed by atoms with Gasteiger partial charge in [-0.15, -0.1) is 0 Å². The van der Waals surface area contributed by atoms with Crippen molar-refractivity contribution in [3.63, 3.8) is 0 Å². The summed E-state index contributed by atoms with van der Waals surface area (Å²) in [5, 5.41) is 2.40. The van der Waals surface area contributed by atoms with Gasteiger partial charge in [-0.3, -0.25) is 4.79 Å². The number of piperazine rings is 1. The number of halogens is 3. The van der Waals surface area contributed by atoms with Crippen LogP contribution >= 0.6 is 0 Å². The van der Waals surface area contributed by atoms with Gasteiger partial charge in [0, 0.05) is 26.2 Å². The van der Waals surface area contributed by atoms with Crippen LogP contribution in [0.5, 0.6) is 0 Å². The highest BCUT2D eigenvalue weighted by Crippen LogP contribution is 2.36. The van der Waals surface area contributed by atoms with Gasteiger partial charge in [-0.2, -0.15) is 13.2 Å². The van der Waals surface area contributed by atoms with E-state index in [4.69, 9.17) is 0 Å². The highest BCUT2D eigenvalue weighted by atomic mass is 32.2. The van der Waals surface area contributed by atoms with Crippen molar-refractivity contribution >= 4 is 27.1 Å². The van der Waals surface area contributed by atoms with Crippen LogP contribution < -0.4 is 10.2 Å². The maximum Gasteiger partial charge on any atom is 0.416 e. The molecule has 0 unspecified atom stereocenters. The number of carbonyl (C=O) groups excluding carboxylic acids is 1. The number of sulfone groups is 1. The van der Waals surface area contributed by atoms with Gasteiger partial charge in [-0.25, -0.2) is 8.42 Å². The summed E-state index contributed by atoms with van der Waals surface area (Å²) < 4.78 is 64.8. The molecule has 1 amide bonds. The molecule has 1 N–H and O–H groups in total. The van der Waals surface area contributed by atoms with E-state index in [1.165, 1.54) is 18.2 Å². The van der Waals surface area contributed by atoms with Crippen LogP contribution in [0.1, 0.15) is 11.1 Å². The summed E-state index contributed by atoms with van der Waals surface area (Å²) in [7, 11) is -1.99. The Labute approximate surface area is 179 Å². The molecular weight excluding hydrogens is 431 g/mol. The second-order valence-electron chi connectivity index (χ2n) is 7.64. The monoisotopic (exact) mass is 455 g/mol. The first kappa shape index (κ1) is 23.1. The van der Waals surface area contributed by atoms with E-state index in [1.54, 1.807) is 19.1 Å². The minimum absolute atomic E-state index is 0.0171. The van der Waals surface area contributed by atoms with Crippen molar-refractivity contribution in [3.8, 4) is 0 Å². The third-order valence-corrected chi connectivity index (χ3v) is 6.78. The normalized spacial score (nSPS) is 15.7. The topological polar surface area (TPSA) is 69.7 Å². The fourth-order valence-corrected chi connectivity index (χ4v) is 4.46. The van der Waals surface area contributed by atoms with Crippen LogP contribution in [0.15, 0.2) is 47.4 Å². The summed E-state index contributed by atoms with van der Waals surface area (Å²) in [5.74, 6) is -1.76. The molecule has 2 aromatic carbocycles. The number of rotatable bonds is 5. The van der Waals surface area contributed by atoms with Gasteiger partial charge < -0.3 is 15.1 Å². The smallest absolute Gasteiger partial charge is 0.367 e. The molecule has 1 heterocycles. The second kappa shape index (κ2) is 8.88. The summed E-state index contributed by atoms with van der Waals surface area (Å²) >= 11 is 0. The lowest BCUT2D eigenvalue weighted by Gasteiger charge is -2.35. The predicted octanol–water partition coefficient (Wildman–Crippen LogP) is 3.18. The highest BCUT2D eigenvalue weighted by molar-refractivity contribution is 7.92. The Hall–Kier alpha value is -2.59. The summed E-state index contributed by atoms with van der Waals surface area (Å²) in [6.07, 6.45) is -4.59. The van der Waals surface area contributed by atoms with Gasteiger partial charge in [0.2, 0.25) is 5.91 Å². The van der Waals surface area contributed by atoms with Gasteiger partial charge in [-0.1, -0.05) is 17.7 Å². The molecule has 0 spiro atoms. The highest BCUT2D eigenvalue weighted by Gasteiger charge is 2.32. The molecule has 0 atom stereocenters. The summed E-state index contributed by atoms with van der Waals surface area (Å²) in [4.78, 5) is 16.5. The van der Waals surface area contributed by atoms with Crippen LogP contribution in [0.2, 0.25) is 0 Å². The molecule has 1 aliphatic rings. The molecule has 1 aliphatic heterocycles. The number of nitrogens with zero attached hydrogens (tertiary/aromatic N) is 2. The lowest BCUT2D eigenvalue weighted by atomic mass is 10.1. The average molecular weight is 456 g/mol. The summed E-state index contributed by atoms with van der Waals surface area (Å²) in [6.45, 7) is 4.39.